The number of benzene rings is 1. The van der Waals surface area contributed by atoms with E-state index in [1.165, 1.54) is 6.07 Å². The highest BCUT2D eigenvalue weighted by atomic mass is 19.1. The van der Waals surface area contributed by atoms with Gasteiger partial charge in [-0.15, -0.1) is 0 Å². The Morgan fingerprint density at radius 1 is 1.38 bits per heavy atom. The van der Waals surface area contributed by atoms with Crippen molar-refractivity contribution in [1.29, 1.82) is 0 Å². The van der Waals surface area contributed by atoms with Crippen LogP contribution in [0.15, 0.2) is 12.1 Å². The van der Waals surface area contributed by atoms with Crippen molar-refractivity contribution < 1.29 is 19.3 Å². The standard InChI is InChI=1S/C16H24FNO3/c1-11-9-16(14(12(2)20)10-15(11)17)18-5-3-13(4-6-18)21-8-7-19/h9-10,12-13,19-20H,3-8H2,1-2H3/t12-/m1/s1. The summed E-state index contributed by atoms with van der Waals surface area (Å²) in [6, 6.07) is 3.25. The molecule has 21 heavy (non-hydrogen) atoms. The number of anilines is 1. The molecule has 1 atom stereocenters. The van der Waals surface area contributed by atoms with Gasteiger partial charge in [0, 0.05) is 24.3 Å². The summed E-state index contributed by atoms with van der Waals surface area (Å²) >= 11 is 0. The number of aryl methyl sites for hydroxylation is 1. The Bertz CT molecular complexity index is 471. The minimum absolute atomic E-state index is 0.0452. The predicted octanol–water partition coefficient (Wildman–Crippen LogP) is 2.17. The normalized spacial score (nSPS) is 18.0. The van der Waals surface area contributed by atoms with Gasteiger partial charge in [-0.1, -0.05) is 0 Å². The zero-order valence-electron chi connectivity index (χ0n) is 12.7. The maximum absolute atomic E-state index is 13.7. The number of aliphatic hydroxyl groups is 2. The topological polar surface area (TPSA) is 52.9 Å². The van der Waals surface area contributed by atoms with E-state index in [-0.39, 0.29) is 18.5 Å². The molecule has 4 nitrogen and oxygen atoms in total. The van der Waals surface area contributed by atoms with Crippen LogP contribution in [0.4, 0.5) is 10.1 Å². The summed E-state index contributed by atoms with van der Waals surface area (Å²) < 4.78 is 19.3. The van der Waals surface area contributed by atoms with Crippen molar-refractivity contribution in [3.63, 3.8) is 0 Å². The van der Waals surface area contributed by atoms with E-state index in [1.807, 2.05) is 6.07 Å². The maximum Gasteiger partial charge on any atom is 0.126 e. The lowest BCUT2D eigenvalue weighted by molar-refractivity contribution is 0.0158. The van der Waals surface area contributed by atoms with Crippen molar-refractivity contribution in [2.75, 3.05) is 31.2 Å². The number of hydrogen-bond donors (Lipinski definition) is 2. The first-order valence-corrected chi connectivity index (χ1v) is 7.48. The molecule has 2 N–H and O–H groups in total. The molecule has 1 aromatic rings. The highest BCUT2D eigenvalue weighted by Crippen LogP contribution is 2.31. The highest BCUT2D eigenvalue weighted by molar-refractivity contribution is 5.57. The number of hydrogen-bond acceptors (Lipinski definition) is 4. The molecule has 1 aliphatic heterocycles. The van der Waals surface area contributed by atoms with Crippen molar-refractivity contribution >= 4 is 5.69 Å². The first-order chi connectivity index (χ1) is 10.0. The molecule has 0 aromatic heterocycles. The molecule has 0 spiro atoms. The zero-order valence-corrected chi connectivity index (χ0v) is 12.7. The molecule has 0 bridgehead atoms. The van der Waals surface area contributed by atoms with Crippen molar-refractivity contribution in [3.05, 3.63) is 29.1 Å². The Labute approximate surface area is 125 Å². The second-order valence-corrected chi connectivity index (χ2v) is 5.62. The molecule has 0 saturated carbocycles. The third-order valence-corrected chi connectivity index (χ3v) is 3.99. The maximum atomic E-state index is 13.7. The van der Waals surface area contributed by atoms with E-state index in [2.05, 4.69) is 4.90 Å². The lowest BCUT2D eigenvalue weighted by atomic mass is 10.0. The fourth-order valence-electron chi connectivity index (χ4n) is 2.77. The van der Waals surface area contributed by atoms with Gasteiger partial charge in [-0.3, -0.25) is 0 Å². The third kappa shape index (κ3) is 3.93. The fourth-order valence-corrected chi connectivity index (χ4v) is 2.77. The number of piperidine rings is 1. The van der Waals surface area contributed by atoms with Crippen LogP contribution >= 0.6 is 0 Å². The van der Waals surface area contributed by atoms with Gasteiger partial charge in [-0.05, 0) is 44.4 Å². The van der Waals surface area contributed by atoms with Crippen LogP contribution < -0.4 is 4.90 Å². The van der Waals surface area contributed by atoms with Gasteiger partial charge in [-0.2, -0.15) is 0 Å². The van der Waals surface area contributed by atoms with Gasteiger partial charge in [0.15, 0.2) is 0 Å². The summed E-state index contributed by atoms with van der Waals surface area (Å²) in [5.41, 5.74) is 2.13. The molecule has 2 rings (SSSR count). The first kappa shape index (κ1) is 16.2. The van der Waals surface area contributed by atoms with Crippen LogP contribution in [-0.4, -0.2) is 42.6 Å². The second-order valence-electron chi connectivity index (χ2n) is 5.62. The predicted molar refractivity (Wildman–Crippen MR) is 80.0 cm³/mol. The first-order valence-electron chi connectivity index (χ1n) is 7.48. The average molecular weight is 297 g/mol. The summed E-state index contributed by atoms with van der Waals surface area (Å²) in [5.74, 6) is -0.282. The van der Waals surface area contributed by atoms with E-state index in [0.717, 1.165) is 31.6 Å². The SMILES string of the molecule is Cc1cc(N2CCC(OCCO)CC2)c([C@@H](C)O)cc1F. The van der Waals surface area contributed by atoms with Crippen LogP contribution in [0.2, 0.25) is 0 Å². The van der Waals surface area contributed by atoms with Crippen LogP contribution in [0, 0.1) is 12.7 Å². The number of halogens is 1. The third-order valence-electron chi connectivity index (χ3n) is 3.99. The van der Waals surface area contributed by atoms with Crippen molar-refractivity contribution in [2.24, 2.45) is 0 Å². The largest absolute Gasteiger partial charge is 0.394 e. The molecule has 0 radical (unpaired) electrons. The van der Waals surface area contributed by atoms with Gasteiger partial charge >= 0.3 is 0 Å². The number of rotatable bonds is 5. The second kappa shape index (κ2) is 7.20. The Kier molecular flexibility index (Phi) is 5.56. The molecule has 5 heteroatoms. The summed E-state index contributed by atoms with van der Waals surface area (Å²) in [7, 11) is 0. The minimum Gasteiger partial charge on any atom is -0.394 e. The van der Waals surface area contributed by atoms with Gasteiger partial charge in [-0.25, -0.2) is 4.39 Å². The van der Waals surface area contributed by atoms with E-state index in [1.54, 1.807) is 13.8 Å². The smallest absolute Gasteiger partial charge is 0.126 e. The number of nitrogens with zero attached hydrogens (tertiary/aromatic N) is 1. The van der Waals surface area contributed by atoms with Crippen LogP contribution in [0.5, 0.6) is 0 Å². The molecule has 1 saturated heterocycles. The van der Waals surface area contributed by atoms with Crippen LogP contribution in [0.25, 0.3) is 0 Å². The van der Waals surface area contributed by atoms with Crippen molar-refractivity contribution in [2.45, 2.75) is 38.9 Å². The monoisotopic (exact) mass is 297 g/mol. The van der Waals surface area contributed by atoms with E-state index in [9.17, 15) is 9.50 Å². The summed E-state index contributed by atoms with van der Waals surface area (Å²) in [4.78, 5) is 2.17. The minimum atomic E-state index is -0.696. The molecule has 118 valence electrons. The molecular formula is C16H24FNO3. The molecule has 0 unspecified atom stereocenters. The van der Waals surface area contributed by atoms with Gasteiger partial charge < -0.3 is 19.8 Å². The molecule has 0 aliphatic carbocycles. The van der Waals surface area contributed by atoms with Gasteiger partial charge in [0.05, 0.1) is 25.4 Å². The summed E-state index contributed by atoms with van der Waals surface area (Å²) in [5, 5.41) is 18.7. The van der Waals surface area contributed by atoms with E-state index in [4.69, 9.17) is 9.84 Å². The van der Waals surface area contributed by atoms with Crippen LogP contribution in [-0.2, 0) is 4.74 Å². The van der Waals surface area contributed by atoms with E-state index in [0.29, 0.717) is 17.7 Å². The Morgan fingerprint density at radius 3 is 2.62 bits per heavy atom. The number of ether oxygens (including phenoxy) is 1. The van der Waals surface area contributed by atoms with E-state index < -0.39 is 6.10 Å². The van der Waals surface area contributed by atoms with Gasteiger partial charge in [0.1, 0.15) is 5.82 Å². The van der Waals surface area contributed by atoms with Crippen molar-refractivity contribution in [1.82, 2.24) is 0 Å². The summed E-state index contributed by atoms with van der Waals surface area (Å²) in [6.07, 6.45) is 1.22. The van der Waals surface area contributed by atoms with Crippen LogP contribution in [0.3, 0.4) is 0 Å². The molecule has 0 amide bonds. The van der Waals surface area contributed by atoms with Gasteiger partial charge in [0.2, 0.25) is 0 Å². The van der Waals surface area contributed by atoms with Gasteiger partial charge in [0.25, 0.3) is 0 Å². The van der Waals surface area contributed by atoms with E-state index >= 15 is 0 Å². The molecular weight excluding hydrogens is 273 g/mol. The highest BCUT2D eigenvalue weighted by Gasteiger charge is 2.23. The summed E-state index contributed by atoms with van der Waals surface area (Å²) in [6.45, 7) is 5.43. The Balaban J connectivity index is 2.11. The van der Waals surface area contributed by atoms with Crippen molar-refractivity contribution in [3.8, 4) is 0 Å². The molecule has 1 aromatic carbocycles. The average Bonchev–Trinajstić information content (AvgIpc) is 2.48. The number of aliphatic hydroxyl groups excluding tert-OH is 2. The molecule has 1 fully saturated rings. The zero-order chi connectivity index (χ0) is 15.4. The molecule has 1 aliphatic rings. The molecule has 1 heterocycles. The fraction of sp³-hybridized carbons (Fsp3) is 0.625. The Morgan fingerprint density at radius 2 is 2.05 bits per heavy atom. The lowest BCUT2D eigenvalue weighted by Gasteiger charge is -2.35. The quantitative estimate of drug-likeness (QED) is 0.874. The lowest BCUT2D eigenvalue weighted by Crippen LogP contribution is -2.38. The Hall–Kier alpha value is -1.17. The van der Waals surface area contributed by atoms with Crippen LogP contribution in [0.1, 0.15) is 37.0 Å².